The second-order valence-corrected chi connectivity index (χ2v) is 24.6. The summed E-state index contributed by atoms with van der Waals surface area (Å²) in [7, 11) is -33.2. The summed E-state index contributed by atoms with van der Waals surface area (Å²) in [5.41, 5.74) is 1.92. The predicted molar refractivity (Wildman–Crippen MR) is 268 cm³/mol. The Hall–Kier alpha value is -2.05. The molecule has 0 bridgehead atoms. The molecule has 8 rings (SSSR count). The van der Waals surface area contributed by atoms with Crippen LogP contribution in [0.4, 0.5) is 27.5 Å². The van der Waals surface area contributed by atoms with Gasteiger partial charge in [0, 0.05) is 44.0 Å². The Balaban J connectivity index is 0.00000401. The molecule has 0 heterocycles. The van der Waals surface area contributed by atoms with Crippen molar-refractivity contribution in [2.45, 2.75) is 29.4 Å². The second kappa shape index (κ2) is 30.2. The number of fused-ring (bicyclic) bond motifs is 2. The van der Waals surface area contributed by atoms with Crippen molar-refractivity contribution in [2.75, 3.05) is 21.3 Å². The van der Waals surface area contributed by atoms with Crippen molar-refractivity contribution in [2.24, 2.45) is 0 Å². The molecule has 8 aromatic carbocycles. The standard InChI is InChI=1S/C47H34N4O21S6.6Na/c52-45(50-37-17-19-39(75(61,62)63)35-21-33(73(55,56)57)23-41(43(35)37)77(67,68)69)29-5-1-25(2-6-29)27-9-13-31(14-10-27)48-47(54)49-32-15-11-28(12-16-32)26-3-7-30(8-4-26)46(53)51-38-18-20-40(76(64,65)66)36-22-34(74(58,59)60)24-42(44(36)38)78(70,71)72;;;;;;/h1-24H,(H,50,52)(H,51,53)(H2,48,49,54)(H,55,56,57)(H,58,59,60)(H,61,62,63)(H,64,65,66)(H,67,68,69)(H,70,71,72);;;;;;/q;6*+1/p-6. The molecule has 0 aliphatic rings. The summed E-state index contributed by atoms with van der Waals surface area (Å²) in [6.07, 6.45) is 0. The monoisotopic (exact) mass is 1310 g/mol. The quantitative estimate of drug-likeness (QED) is 0.0580. The third-order valence-electron chi connectivity index (χ3n) is 11.4. The van der Waals surface area contributed by atoms with Gasteiger partial charge < -0.3 is 48.6 Å². The minimum absolute atomic E-state index is 0. The summed E-state index contributed by atoms with van der Waals surface area (Å²) in [6.45, 7) is 0. The van der Waals surface area contributed by atoms with E-state index in [2.05, 4.69) is 21.3 Å². The van der Waals surface area contributed by atoms with Crippen molar-refractivity contribution in [3.05, 3.63) is 157 Å². The summed E-state index contributed by atoms with van der Waals surface area (Å²) in [5, 5.41) is 6.43. The van der Waals surface area contributed by atoms with E-state index in [1.807, 2.05) is 0 Å². The molecule has 4 N–H and O–H groups in total. The van der Waals surface area contributed by atoms with E-state index in [1.54, 1.807) is 48.5 Å². The Morgan fingerprint density at radius 3 is 0.810 bits per heavy atom. The molecule has 0 radical (unpaired) electrons. The first-order chi connectivity index (χ1) is 36.2. The van der Waals surface area contributed by atoms with Gasteiger partial charge in [-0.15, -0.1) is 0 Å². The van der Waals surface area contributed by atoms with Crippen LogP contribution in [0.5, 0.6) is 0 Å². The Morgan fingerprint density at radius 1 is 0.298 bits per heavy atom. The second-order valence-electron chi connectivity index (χ2n) is 16.4. The van der Waals surface area contributed by atoms with Gasteiger partial charge in [0.05, 0.1) is 40.7 Å². The van der Waals surface area contributed by atoms with Crippen molar-refractivity contribution in [1.82, 2.24) is 0 Å². The smallest absolute Gasteiger partial charge is 0.744 e. The van der Waals surface area contributed by atoms with Crippen molar-refractivity contribution in [3.8, 4) is 22.3 Å². The minimum Gasteiger partial charge on any atom is -0.744 e. The third kappa shape index (κ3) is 18.5. The Kier molecular flexibility index (Phi) is 28.0. The molecule has 0 aliphatic carbocycles. The summed E-state index contributed by atoms with van der Waals surface area (Å²) in [6, 6.07) is 27.7. The Bertz CT molecular complexity index is 4300. The number of carbonyl (C=O) groups is 3. The maximum atomic E-state index is 13.3. The van der Waals surface area contributed by atoms with Gasteiger partial charge in [-0.05, 0) is 119 Å². The summed E-state index contributed by atoms with van der Waals surface area (Å²) < 4.78 is 216. The molecule has 0 atom stereocenters. The van der Waals surface area contributed by atoms with E-state index >= 15 is 0 Å². The fourth-order valence-corrected chi connectivity index (χ4v) is 11.9. The van der Waals surface area contributed by atoms with E-state index < -0.39 is 141 Å². The maximum Gasteiger partial charge on any atom is 1.00 e. The van der Waals surface area contributed by atoms with Crippen molar-refractivity contribution in [3.63, 3.8) is 0 Å². The van der Waals surface area contributed by atoms with Crippen LogP contribution in [0.1, 0.15) is 20.7 Å². The van der Waals surface area contributed by atoms with Crippen molar-refractivity contribution >= 4 is 123 Å². The fraction of sp³-hybridized carbons (Fsp3) is 0. The zero-order chi connectivity index (χ0) is 57.1. The number of hydrogen-bond acceptors (Lipinski definition) is 21. The van der Waals surface area contributed by atoms with E-state index in [0.29, 0.717) is 57.9 Å². The molecule has 25 nitrogen and oxygen atoms in total. The molecule has 0 aliphatic heterocycles. The van der Waals surface area contributed by atoms with Crippen LogP contribution in [0, 0.1) is 0 Å². The van der Waals surface area contributed by atoms with E-state index in [9.17, 15) is 92.2 Å². The number of urea groups is 1. The van der Waals surface area contributed by atoms with E-state index in [1.165, 1.54) is 48.5 Å². The van der Waals surface area contributed by atoms with Crippen LogP contribution >= 0.6 is 0 Å². The van der Waals surface area contributed by atoms with Crippen LogP contribution in [-0.4, -0.2) is 95.7 Å². The van der Waals surface area contributed by atoms with Crippen LogP contribution in [0.3, 0.4) is 0 Å². The van der Waals surface area contributed by atoms with Gasteiger partial charge in [0.25, 0.3) is 11.8 Å². The van der Waals surface area contributed by atoms with Crippen molar-refractivity contribution in [1.29, 1.82) is 0 Å². The topological polar surface area (TPSA) is 443 Å². The summed E-state index contributed by atoms with van der Waals surface area (Å²) in [5.74, 6) is -1.86. The molecule has 0 saturated carbocycles. The molecule has 8 aromatic rings. The number of benzene rings is 8. The van der Waals surface area contributed by atoms with Gasteiger partial charge in [0.1, 0.15) is 60.7 Å². The van der Waals surface area contributed by atoms with Gasteiger partial charge in [0.2, 0.25) is 0 Å². The molecule has 0 spiro atoms. The van der Waals surface area contributed by atoms with Crippen LogP contribution in [0.2, 0.25) is 0 Å². The number of carbonyl (C=O) groups excluding carboxylic acids is 3. The van der Waals surface area contributed by atoms with Crippen LogP contribution in [0.25, 0.3) is 43.8 Å². The SMILES string of the molecule is O=C(Nc1ccc(-c2ccc(C(=O)Nc3ccc(S(=O)(=O)[O-])c4cc(S(=O)(=O)[O-])cc(S(=O)(=O)[O-])c34)cc2)cc1)Nc1ccc(-c2ccc(C(=O)Nc3ccc(S(=O)(=O)[O-])c4cc(S(=O)(=O)[O-])cc(S(=O)(=O)[O-])c34)cc2)cc1.[Na+].[Na+].[Na+].[Na+].[Na+].[Na+]. The molecule has 37 heteroatoms. The van der Waals surface area contributed by atoms with Gasteiger partial charge in [-0.3, -0.25) is 9.59 Å². The van der Waals surface area contributed by atoms with E-state index in [-0.39, 0.29) is 201 Å². The van der Waals surface area contributed by atoms with Gasteiger partial charge in [-0.2, -0.15) is 0 Å². The van der Waals surface area contributed by atoms with Gasteiger partial charge in [-0.1, -0.05) is 48.5 Å². The number of amides is 4. The van der Waals surface area contributed by atoms with Gasteiger partial charge in [0.15, 0.2) is 0 Å². The molecule has 404 valence electrons. The zero-order valence-electron chi connectivity index (χ0n) is 44.4. The number of rotatable bonds is 14. The van der Waals surface area contributed by atoms with Crippen LogP contribution < -0.4 is 199 Å². The van der Waals surface area contributed by atoms with Gasteiger partial charge in [-0.25, -0.2) is 55.3 Å². The van der Waals surface area contributed by atoms with E-state index in [4.69, 9.17) is 0 Å². The van der Waals surface area contributed by atoms with E-state index in [0.717, 1.165) is 12.1 Å². The minimum atomic E-state index is -5.67. The summed E-state index contributed by atoms with van der Waals surface area (Å²) in [4.78, 5) is 31.8. The molecule has 0 fully saturated rings. The fourth-order valence-electron chi connectivity index (χ4n) is 7.92. The van der Waals surface area contributed by atoms with Gasteiger partial charge >= 0.3 is 183 Å². The van der Waals surface area contributed by atoms with Crippen LogP contribution in [0.15, 0.2) is 175 Å². The largest absolute Gasteiger partial charge is 1.00 e. The Labute approximate surface area is 612 Å². The Morgan fingerprint density at radius 2 is 0.560 bits per heavy atom. The number of nitrogens with one attached hydrogen (secondary N) is 4. The first-order valence-electron chi connectivity index (χ1n) is 21.3. The molecule has 84 heavy (non-hydrogen) atoms. The summed E-state index contributed by atoms with van der Waals surface area (Å²) >= 11 is 0. The maximum absolute atomic E-state index is 13.3. The molecule has 0 unspecified atom stereocenters. The molecular formula is C47H28N4Na6O21S6. The third-order valence-corrected chi connectivity index (χ3v) is 16.6. The molecular weight excluding hydrogens is 1290 g/mol. The first-order valence-corrected chi connectivity index (χ1v) is 29.7. The average Bonchev–Trinajstić information content (AvgIpc) is 3.30. The predicted octanol–water partition coefficient (Wildman–Crippen LogP) is -13.1. The zero-order valence-corrected chi connectivity index (χ0v) is 61.3. The first kappa shape index (κ1) is 78.0. The molecule has 0 aromatic heterocycles. The normalized spacial score (nSPS) is 11.6. The average molecular weight is 1320 g/mol. The number of hydrogen-bond donors (Lipinski definition) is 4. The van der Waals surface area contributed by atoms with Crippen molar-refractivity contribution < 1.29 is 270 Å². The molecule has 4 amide bonds. The molecule has 0 saturated heterocycles. The van der Waals surface area contributed by atoms with Crippen LogP contribution in [-0.2, 0) is 60.7 Å². The number of anilines is 4.